The Labute approximate surface area is 147 Å². The molecule has 0 spiro atoms. The average molecular weight is 346 g/mol. The number of hydrogen-bond acceptors (Lipinski definition) is 4. The number of aryl methyl sites for hydroxylation is 1. The van der Waals surface area contributed by atoms with Gasteiger partial charge in [-0.2, -0.15) is 0 Å². The standard InChI is InChI=1S/C20H26O5/c1-2-4-13(21)8-9-14-16(22)11-17-19(14)15-6-3-5-12(20(15)25-17)7-10-18(23)24/h3,5-6,8-9,13-14,16-17,19,21-22H,2,4,7,10-11H2,1H3,(H,23,24)/b9-8+/t13-,14?,16+,17-,19?/m0/s1. The van der Waals surface area contributed by atoms with Gasteiger partial charge in [-0.1, -0.05) is 43.7 Å². The van der Waals surface area contributed by atoms with Crippen LogP contribution in [0, 0.1) is 5.92 Å². The summed E-state index contributed by atoms with van der Waals surface area (Å²) in [6.07, 6.45) is 5.33. The van der Waals surface area contributed by atoms with Crippen molar-refractivity contribution in [1.82, 2.24) is 0 Å². The van der Waals surface area contributed by atoms with E-state index in [0.717, 1.165) is 23.3 Å². The number of rotatable bonds is 7. The third kappa shape index (κ3) is 3.72. The molecule has 1 heterocycles. The second kappa shape index (κ2) is 7.58. The Morgan fingerprint density at radius 2 is 2.24 bits per heavy atom. The van der Waals surface area contributed by atoms with Crippen LogP contribution >= 0.6 is 0 Å². The van der Waals surface area contributed by atoms with E-state index in [9.17, 15) is 15.0 Å². The number of para-hydroxylation sites is 1. The molecule has 136 valence electrons. The molecule has 2 aliphatic rings. The van der Waals surface area contributed by atoms with Crippen LogP contribution in [0.3, 0.4) is 0 Å². The first-order chi connectivity index (χ1) is 12.0. The van der Waals surface area contributed by atoms with Crippen LogP contribution in [0.15, 0.2) is 30.4 Å². The second-order valence-electron chi connectivity index (χ2n) is 7.03. The molecule has 1 aromatic carbocycles. The summed E-state index contributed by atoms with van der Waals surface area (Å²) >= 11 is 0. The van der Waals surface area contributed by atoms with Crippen LogP contribution in [0.4, 0.5) is 0 Å². The molecule has 1 fully saturated rings. The number of carboxylic acid groups (broad SMARTS) is 1. The van der Waals surface area contributed by atoms with Crippen molar-refractivity contribution < 1.29 is 24.9 Å². The molecule has 25 heavy (non-hydrogen) atoms. The summed E-state index contributed by atoms with van der Waals surface area (Å²) in [6, 6.07) is 5.85. The van der Waals surface area contributed by atoms with Gasteiger partial charge in [-0.05, 0) is 18.4 Å². The number of carbonyl (C=O) groups is 1. The molecule has 5 atom stereocenters. The Hall–Kier alpha value is -1.85. The van der Waals surface area contributed by atoms with Crippen LogP contribution in [0.25, 0.3) is 0 Å². The number of benzene rings is 1. The zero-order valence-corrected chi connectivity index (χ0v) is 14.5. The highest BCUT2D eigenvalue weighted by atomic mass is 16.5. The maximum atomic E-state index is 10.9. The number of carboxylic acids is 1. The minimum Gasteiger partial charge on any atom is -0.489 e. The van der Waals surface area contributed by atoms with Gasteiger partial charge in [0.05, 0.1) is 12.2 Å². The van der Waals surface area contributed by atoms with Crippen molar-refractivity contribution in [2.24, 2.45) is 5.92 Å². The lowest BCUT2D eigenvalue weighted by Gasteiger charge is -2.18. The molecule has 5 nitrogen and oxygen atoms in total. The lowest BCUT2D eigenvalue weighted by atomic mass is 9.86. The van der Waals surface area contributed by atoms with Crippen LogP contribution < -0.4 is 4.74 Å². The quantitative estimate of drug-likeness (QED) is 0.661. The zero-order chi connectivity index (χ0) is 18.0. The highest BCUT2D eigenvalue weighted by Crippen LogP contribution is 2.52. The van der Waals surface area contributed by atoms with E-state index >= 15 is 0 Å². The van der Waals surface area contributed by atoms with Crippen LogP contribution in [0.5, 0.6) is 5.75 Å². The Morgan fingerprint density at radius 1 is 1.44 bits per heavy atom. The average Bonchev–Trinajstić information content (AvgIpc) is 3.06. The lowest BCUT2D eigenvalue weighted by molar-refractivity contribution is -0.136. The number of fused-ring (bicyclic) bond motifs is 3. The Morgan fingerprint density at radius 3 is 2.96 bits per heavy atom. The Balaban J connectivity index is 1.82. The molecule has 3 N–H and O–H groups in total. The predicted molar refractivity (Wildman–Crippen MR) is 93.7 cm³/mol. The normalized spacial score (nSPS) is 28.6. The molecule has 0 amide bonds. The van der Waals surface area contributed by atoms with E-state index in [4.69, 9.17) is 9.84 Å². The van der Waals surface area contributed by atoms with Gasteiger partial charge in [-0.3, -0.25) is 4.79 Å². The van der Waals surface area contributed by atoms with Gasteiger partial charge >= 0.3 is 5.97 Å². The van der Waals surface area contributed by atoms with Gasteiger partial charge < -0.3 is 20.1 Å². The summed E-state index contributed by atoms with van der Waals surface area (Å²) in [6.45, 7) is 2.03. The smallest absolute Gasteiger partial charge is 0.303 e. The van der Waals surface area contributed by atoms with E-state index in [1.54, 1.807) is 6.08 Å². The molecule has 1 aliphatic carbocycles. The third-order valence-electron chi connectivity index (χ3n) is 5.24. The summed E-state index contributed by atoms with van der Waals surface area (Å²) < 4.78 is 6.10. The lowest BCUT2D eigenvalue weighted by Crippen LogP contribution is -2.17. The van der Waals surface area contributed by atoms with E-state index in [0.29, 0.717) is 19.3 Å². The van der Waals surface area contributed by atoms with Crippen molar-refractivity contribution in [1.29, 1.82) is 0 Å². The van der Waals surface area contributed by atoms with Crippen LogP contribution in [0.2, 0.25) is 0 Å². The first kappa shape index (κ1) is 18.0. The van der Waals surface area contributed by atoms with Crippen molar-refractivity contribution in [2.45, 2.75) is 63.3 Å². The van der Waals surface area contributed by atoms with Crippen LogP contribution in [-0.4, -0.2) is 39.6 Å². The van der Waals surface area contributed by atoms with Gasteiger partial charge in [-0.15, -0.1) is 0 Å². The highest BCUT2D eigenvalue weighted by molar-refractivity contribution is 5.67. The first-order valence-corrected chi connectivity index (χ1v) is 9.06. The van der Waals surface area contributed by atoms with Gasteiger partial charge in [-0.25, -0.2) is 0 Å². The third-order valence-corrected chi connectivity index (χ3v) is 5.24. The maximum absolute atomic E-state index is 10.9. The summed E-state index contributed by atoms with van der Waals surface area (Å²) in [5, 5.41) is 29.3. The van der Waals surface area contributed by atoms with E-state index in [-0.39, 0.29) is 24.4 Å². The molecule has 0 aromatic heterocycles. The summed E-state index contributed by atoms with van der Waals surface area (Å²) in [7, 11) is 0. The van der Waals surface area contributed by atoms with Crippen molar-refractivity contribution in [2.75, 3.05) is 0 Å². The highest BCUT2D eigenvalue weighted by Gasteiger charge is 2.48. The van der Waals surface area contributed by atoms with E-state index < -0.39 is 18.2 Å². The number of aliphatic carboxylic acids is 1. The summed E-state index contributed by atoms with van der Waals surface area (Å²) in [4.78, 5) is 10.9. The minimum atomic E-state index is -0.822. The first-order valence-electron chi connectivity index (χ1n) is 9.06. The number of aliphatic hydroxyl groups is 2. The minimum absolute atomic E-state index is 0.0554. The Bertz CT molecular complexity index is 653. The van der Waals surface area contributed by atoms with Crippen molar-refractivity contribution >= 4 is 5.97 Å². The second-order valence-corrected chi connectivity index (χ2v) is 7.03. The van der Waals surface area contributed by atoms with Crippen LogP contribution in [-0.2, 0) is 11.2 Å². The summed E-state index contributed by atoms with van der Waals surface area (Å²) in [5.74, 6) is -0.0672. The fraction of sp³-hybridized carbons (Fsp3) is 0.550. The molecule has 0 bridgehead atoms. The Kier molecular flexibility index (Phi) is 5.45. The number of ether oxygens (including phenoxy) is 1. The van der Waals surface area contributed by atoms with Gasteiger partial charge in [0.1, 0.15) is 11.9 Å². The fourth-order valence-corrected chi connectivity index (χ4v) is 4.06. The molecule has 1 saturated carbocycles. The van der Waals surface area contributed by atoms with Gasteiger partial charge in [0, 0.05) is 30.2 Å². The van der Waals surface area contributed by atoms with E-state index in [2.05, 4.69) is 0 Å². The molecular formula is C20H26O5. The zero-order valence-electron chi connectivity index (χ0n) is 14.5. The molecular weight excluding hydrogens is 320 g/mol. The van der Waals surface area contributed by atoms with Gasteiger partial charge in [0.15, 0.2) is 0 Å². The largest absolute Gasteiger partial charge is 0.489 e. The van der Waals surface area contributed by atoms with E-state index in [1.165, 1.54) is 0 Å². The van der Waals surface area contributed by atoms with Crippen LogP contribution in [0.1, 0.15) is 49.7 Å². The van der Waals surface area contributed by atoms with Crippen molar-refractivity contribution in [3.63, 3.8) is 0 Å². The van der Waals surface area contributed by atoms with Gasteiger partial charge in [0.2, 0.25) is 0 Å². The molecule has 0 saturated heterocycles. The molecule has 3 rings (SSSR count). The molecule has 2 unspecified atom stereocenters. The molecule has 1 aromatic rings. The SMILES string of the molecule is CCC[C@H](O)/C=C/C1C2c3cccc(CCC(=O)O)c3O[C@H]2C[C@H]1O. The monoisotopic (exact) mass is 346 g/mol. The number of hydrogen-bond donors (Lipinski definition) is 3. The summed E-state index contributed by atoms with van der Waals surface area (Å²) in [5.41, 5.74) is 1.96. The van der Waals surface area contributed by atoms with Crippen molar-refractivity contribution in [3.05, 3.63) is 41.5 Å². The number of aliphatic hydroxyl groups excluding tert-OH is 2. The fourth-order valence-electron chi connectivity index (χ4n) is 4.06. The van der Waals surface area contributed by atoms with E-state index in [1.807, 2.05) is 31.2 Å². The molecule has 1 aliphatic heterocycles. The topological polar surface area (TPSA) is 87.0 Å². The van der Waals surface area contributed by atoms with Gasteiger partial charge in [0.25, 0.3) is 0 Å². The maximum Gasteiger partial charge on any atom is 0.303 e. The predicted octanol–water partition coefficient (Wildman–Crippen LogP) is 2.65. The van der Waals surface area contributed by atoms with Crippen molar-refractivity contribution in [3.8, 4) is 5.75 Å². The molecule has 5 heteroatoms. The molecule has 0 radical (unpaired) electrons.